The first kappa shape index (κ1) is 15.3. The van der Waals surface area contributed by atoms with Crippen LogP contribution in [0.2, 0.25) is 0 Å². The fourth-order valence-corrected chi connectivity index (χ4v) is 1.75. The van der Waals surface area contributed by atoms with Gasteiger partial charge in [-0.05, 0) is 33.6 Å². The fourth-order valence-electron chi connectivity index (χ4n) is 1.75. The van der Waals surface area contributed by atoms with Crippen molar-refractivity contribution in [3.05, 3.63) is 12.2 Å². The number of hydrogen-bond acceptors (Lipinski definition) is 5. The molecule has 1 saturated carbocycles. The second kappa shape index (κ2) is 5.71. The Kier molecular flexibility index (Phi) is 4.15. The molecular formula is C13H20N4O4. The Labute approximate surface area is 122 Å². The summed E-state index contributed by atoms with van der Waals surface area (Å²) in [7, 11) is 0. The van der Waals surface area contributed by atoms with Crippen LogP contribution in [0.3, 0.4) is 0 Å². The van der Waals surface area contributed by atoms with Gasteiger partial charge in [0.2, 0.25) is 0 Å². The molecule has 8 nitrogen and oxygen atoms in total. The molecule has 21 heavy (non-hydrogen) atoms. The summed E-state index contributed by atoms with van der Waals surface area (Å²) >= 11 is 0. The summed E-state index contributed by atoms with van der Waals surface area (Å²) in [5.41, 5.74) is -0.681. The van der Waals surface area contributed by atoms with Crippen molar-refractivity contribution in [2.24, 2.45) is 0 Å². The van der Waals surface area contributed by atoms with E-state index in [9.17, 15) is 14.7 Å². The number of aliphatic carboxylic acids is 1. The van der Waals surface area contributed by atoms with Gasteiger partial charge in [-0.25, -0.2) is 19.3 Å². The predicted octanol–water partition coefficient (Wildman–Crippen LogP) is 1.13. The largest absolute Gasteiger partial charge is 0.480 e. The summed E-state index contributed by atoms with van der Waals surface area (Å²) in [4.78, 5) is 27.0. The Hall–Kier alpha value is -2.12. The third-order valence-corrected chi connectivity index (χ3v) is 2.86. The fraction of sp³-hybridized carbons (Fsp3) is 0.692. The smallest absolute Gasteiger partial charge is 0.408 e. The predicted molar refractivity (Wildman–Crippen MR) is 72.8 cm³/mol. The highest BCUT2D eigenvalue weighted by Crippen LogP contribution is 2.37. The maximum Gasteiger partial charge on any atom is 0.408 e. The van der Waals surface area contributed by atoms with E-state index in [0.29, 0.717) is 5.92 Å². The van der Waals surface area contributed by atoms with E-state index < -0.39 is 23.7 Å². The van der Waals surface area contributed by atoms with Gasteiger partial charge in [0.25, 0.3) is 0 Å². The number of carboxylic acid groups (broad SMARTS) is 1. The van der Waals surface area contributed by atoms with Gasteiger partial charge in [-0.15, -0.1) is 0 Å². The van der Waals surface area contributed by atoms with Crippen LogP contribution in [0.25, 0.3) is 0 Å². The molecule has 2 N–H and O–H groups in total. The van der Waals surface area contributed by atoms with Gasteiger partial charge in [-0.2, -0.15) is 5.10 Å². The molecule has 0 aliphatic heterocycles. The van der Waals surface area contributed by atoms with Crippen LogP contribution in [0, 0.1) is 0 Å². The number of ether oxygens (including phenoxy) is 1. The summed E-state index contributed by atoms with van der Waals surface area (Å²) in [6.45, 7) is 5.14. The zero-order valence-corrected chi connectivity index (χ0v) is 12.4. The number of hydrogen-bond donors (Lipinski definition) is 2. The molecule has 1 unspecified atom stereocenters. The third-order valence-electron chi connectivity index (χ3n) is 2.86. The standard InChI is InChI=1S/C13H20N4O4/c1-13(2,3)21-12(20)15-9(11(18)19)6-17-7-14-10(16-17)8-4-5-8/h7-9H,4-6H2,1-3H3,(H,15,20)(H,18,19). The van der Waals surface area contributed by atoms with Crippen molar-refractivity contribution in [1.29, 1.82) is 0 Å². The molecule has 1 amide bonds. The van der Waals surface area contributed by atoms with Crippen LogP contribution in [-0.4, -0.2) is 43.6 Å². The van der Waals surface area contributed by atoms with Crippen LogP contribution in [0.15, 0.2) is 6.33 Å². The van der Waals surface area contributed by atoms with Crippen LogP contribution in [0.4, 0.5) is 4.79 Å². The highest BCUT2D eigenvalue weighted by molar-refractivity contribution is 5.79. The lowest BCUT2D eigenvalue weighted by Gasteiger charge is -2.21. The maximum absolute atomic E-state index is 11.6. The molecule has 0 saturated heterocycles. The number of amides is 1. The van der Waals surface area contributed by atoms with Gasteiger partial charge in [-0.3, -0.25) is 0 Å². The Morgan fingerprint density at radius 2 is 2.19 bits per heavy atom. The lowest BCUT2D eigenvalue weighted by molar-refractivity contribution is -0.139. The van der Waals surface area contributed by atoms with E-state index in [1.54, 1.807) is 20.8 Å². The number of nitrogens with one attached hydrogen (secondary N) is 1. The highest BCUT2D eigenvalue weighted by Gasteiger charge is 2.29. The molecule has 8 heteroatoms. The molecule has 1 aliphatic rings. The molecule has 1 fully saturated rings. The molecule has 2 rings (SSSR count). The van der Waals surface area contributed by atoms with E-state index in [2.05, 4.69) is 15.4 Å². The van der Waals surface area contributed by atoms with Crippen molar-refractivity contribution in [3.8, 4) is 0 Å². The quantitative estimate of drug-likeness (QED) is 0.843. The first-order chi connectivity index (χ1) is 9.74. The monoisotopic (exact) mass is 296 g/mol. The molecule has 0 spiro atoms. The number of aromatic nitrogens is 3. The molecule has 116 valence electrons. The summed E-state index contributed by atoms with van der Waals surface area (Å²) in [5.74, 6) is -0.0194. The van der Waals surface area contributed by atoms with Gasteiger partial charge in [0, 0.05) is 5.92 Å². The van der Waals surface area contributed by atoms with Gasteiger partial charge < -0.3 is 15.2 Å². The van der Waals surface area contributed by atoms with E-state index in [1.807, 2.05) is 0 Å². The van der Waals surface area contributed by atoms with Gasteiger partial charge in [0.15, 0.2) is 5.82 Å². The number of alkyl carbamates (subject to hydrolysis) is 1. The third kappa shape index (κ3) is 4.73. The first-order valence-corrected chi connectivity index (χ1v) is 6.86. The second-order valence-electron chi connectivity index (χ2n) is 6.14. The van der Waals surface area contributed by atoms with E-state index in [4.69, 9.17) is 4.74 Å². The van der Waals surface area contributed by atoms with Gasteiger partial charge in [0.05, 0.1) is 6.54 Å². The summed E-state index contributed by atoms with van der Waals surface area (Å²) in [5, 5.41) is 15.7. The Morgan fingerprint density at radius 1 is 1.52 bits per heavy atom. The minimum atomic E-state index is -1.15. The molecule has 1 aliphatic carbocycles. The molecule has 1 aromatic heterocycles. The summed E-state index contributed by atoms with van der Waals surface area (Å²) in [6, 6.07) is -1.12. The maximum atomic E-state index is 11.6. The zero-order chi connectivity index (χ0) is 15.6. The van der Waals surface area contributed by atoms with E-state index >= 15 is 0 Å². The van der Waals surface area contributed by atoms with Crippen molar-refractivity contribution >= 4 is 12.1 Å². The van der Waals surface area contributed by atoms with Gasteiger partial charge >= 0.3 is 12.1 Å². The normalized spacial score (nSPS) is 16.3. The average molecular weight is 296 g/mol. The van der Waals surface area contributed by atoms with E-state index in [-0.39, 0.29) is 6.54 Å². The summed E-state index contributed by atoms with van der Waals surface area (Å²) in [6.07, 6.45) is 2.86. The average Bonchev–Trinajstić information content (AvgIpc) is 3.07. The number of carbonyl (C=O) groups is 2. The topological polar surface area (TPSA) is 106 Å². The minimum absolute atomic E-state index is 0.00823. The Balaban J connectivity index is 1.94. The summed E-state index contributed by atoms with van der Waals surface area (Å²) < 4.78 is 6.49. The molecule has 1 aromatic rings. The molecular weight excluding hydrogens is 276 g/mol. The van der Waals surface area contributed by atoms with Crippen molar-refractivity contribution in [2.45, 2.75) is 57.7 Å². The van der Waals surface area contributed by atoms with Crippen LogP contribution in [-0.2, 0) is 16.1 Å². The van der Waals surface area contributed by atoms with Crippen molar-refractivity contribution < 1.29 is 19.4 Å². The van der Waals surface area contributed by atoms with E-state index in [0.717, 1.165) is 18.7 Å². The van der Waals surface area contributed by atoms with Crippen molar-refractivity contribution in [2.75, 3.05) is 0 Å². The zero-order valence-electron chi connectivity index (χ0n) is 12.4. The highest BCUT2D eigenvalue weighted by atomic mass is 16.6. The lowest BCUT2D eigenvalue weighted by Crippen LogP contribution is -2.45. The SMILES string of the molecule is CC(C)(C)OC(=O)NC(Cn1cnc(C2CC2)n1)C(=O)O. The number of nitrogens with zero attached hydrogens (tertiary/aromatic N) is 3. The Morgan fingerprint density at radius 3 is 2.71 bits per heavy atom. The van der Waals surface area contributed by atoms with Crippen LogP contribution in [0.5, 0.6) is 0 Å². The molecule has 0 bridgehead atoms. The van der Waals surface area contributed by atoms with Crippen molar-refractivity contribution in [3.63, 3.8) is 0 Å². The van der Waals surface area contributed by atoms with Gasteiger partial charge in [0.1, 0.15) is 18.0 Å². The van der Waals surface area contributed by atoms with Gasteiger partial charge in [-0.1, -0.05) is 0 Å². The number of carboxylic acids is 1. The number of rotatable bonds is 5. The molecule has 0 radical (unpaired) electrons. The van der Waals surface area contributed by atoms with Crippen molar-refractivity contribution in [1.82, 2.24) is 20.1 Å². The van der Waals surface area contributed by atoms with E-state index in [1.165, 1.54) is 11.0 Å². The first-order valence-electron chi connectivity index (χ1n) is 6.86. The Bertz CT molecular complexity index is 531. The number of carbonyl (C=O) groups excluding carboxylic acids is 1. The minimum Gasteiger partial charge on any atom is -0.480 e. The van der Waals surface area contributed by atoms with Crippen LogP contribution in [0.1, 0.15) is 45.4 Å². The van der Waals surface area contributed by atoms with Crippen LogP contribution >= 0.6 is 0 Å². The molecule has 1 atom stereocenters. The molecule has 1 heterocycles. The molecule has 0 aromatic carbocycles. The lowest BCUT2D eigenvalue weighted by atomic mass is 10.2. The second-order valence-corrected chi connectivity index (χ2v) is 6.14. The van der Waals surface area contributed by atoms with Crippen LogP contribution < -0.4 is 5.32 Å².